The number of carboxylic acid groups (broad SMARTS) is 3. The molecule has 0 atom stereocenters. The highest BCUT2D eigenvalue weighted by Crippen LogP contribution is 2.19. The van der Waals surface area contributed by atoms with Crippen LogP contribution >= 0.6 is 0 Å². The van der Waals surface area contributed by atoms with E-state index in [0.29, 0.717) is 19.3 Å². The molecule has 0 aromatic rings. The Bertz CT molecular complexity index is 535. The van der Waals surface area contributed by atoms with E-state index < -0.39 is 17.9 Å². The minimum Gasteiger partial charge on any atom is -0.481 e. The van der Waals surface area contributed by atoms with E-state index in [1.54, 1.807) is 0 Å². The molecule has 0 radical (unpaired) electrons. The van der Waals surface area contributed by atoms with Crippen LogP contribution in [-0.2, 0) is 14.4 Å². The van der Waals surface area contributed by atoms with Crippen molar-refractivity contribution in [2.75, 3.05) is 26.2 Å². The van der Waals surface area contributed by atoms with Crippen molar-refractivity contribution in [3.8, 4) is 0 Å². The van der Waals surface area contributed by atoms with Crippen molar-refractivity contribution in [2.45, 2.75) is 122 Å². The first-order valence-electron chi connectivity index (χ1n) is 14.0. The number of carbonyl (C=O) groups is 3. The molecule has 0 heterocycles. The lowest BCUT2D eigenvalue weighted by atomic mass is 10.1. The van der Waals surface area contributed by atoms with E-state index >= 15 is 0 Å². The normalized spacial score (nSPS) is 11.8. The van der Waals surface area contributed by atoms with Gasteiger partial charge in [-0.15, -0.1) is 0 Å². The number of unbranched alkanes of at least 4 members (excludes halogenated alkanes) is 10. The summed E-state index contributed by atoms with van der Waals surface area (Å²) in [7, 11) is 0. The summed E-state index contributed by atoms with van der Waals surface area (Å²) >= 11 is 0. The van der Waals surface area contributed by atoms with E-state index in [1.165, 1.54) is 38.5 Å². The zero-order valence-corrected chi connectivity index (χ0v) is 22.2. The highest BCUT2D eigenvalue weighted by molar-refractivity contribution is 5.67. The smallest absolute Gasteiger partial charge is 0.303 e. The molecule has 0 aliphatic heterocycles. The van der Waals surface area contributed by atoms with Crippen molar-refractivity contribution in [2.24, 2.45) is 0 Å². The molecule has 0 fully saturated rings. The lowest BCUT2D eigenvalue weighted by Gasteiger charge is -2.39. The van der Waals surface area contributed by atoms with E-state index in [4.69, 9.17) is 15.3 Å². The van der Waals surface area contributed by atoms with Gasteiger partial charge >= 0.3 is 17.9 Å². The quantitative estimate of drug-likeness (QED) is 0.0699. The first kappa shape index (κ1) is 33.1. The molecule has 7 nitrogen and oxygen atoms in total. The highest BCUT2D eigenvalue weighted by Gasteiger charge is 2.26. The van der Waals surface area contributed by atoms with E-state index in [0.717, 1.165) is 69.2 Å². The van der Waals surface area contributed by atoms with Crippen molar-refractivity contribution >= 4 is 17.9 Å². The summed E-state index contributed by atoms with van der Waals surface area (Å²) in [5, 5.41) is 27.0. The Hall–Kier alpha value is -1.89. The SMILES string of the molecule is CCCCC/C=C/CCCCCC[N+](CCCCC(=O)O)(CCCCC(=O)O)CCCCC(=O)O. The lowest BCUT2D eigenvalue weighted by Crippen LogP contribution is -2.51. The van der Waals surface area contributed by atoms with Crippen LogP contribution in [0.15, 0.2) is 12.2 Å². The first-order valence-corrected chi connectivity index (χ1v) is 14.0. The van der Waals surface area contributed by atoms with E-state index in [1.807, 2.05) is 0 Å². The molecule has 0 aromatic heterocycles. The fraction of sp³-hybridized carbons (Fsp3) is 0.821. The molecule has 7 heteroatoms. The summed E-state index contributed by atoms with van der Waals surface area (Å²) in [5.74, 6) is -2.32. The topological polar surface area (TPSA) is 112 Å². The van der Waals surface area contributed by atoms with Gasteiger partial charge in [0, 0.05) is 19.3 Å². The molecule has 3 N–H and O–H groups in total. The predicted molar refractivity (Wildman–Crippen MR) is 141 cm³/mol. The number of hydrogen-bond acceptors (Lipinski definition) is 3. The van der Waals surface area contributed by atoms with Crippen molar-refractivity contribution in [3.63, 3.8) is 0 Å². The van der Waals surface area contributed by atoms with Crippen LogP contribution in [0.3, 0.4) is 0 Å². The van der Waals surface area contributed by atoms with Crippen molar-refractivity contribution in [1.82, 2.24) is 0 Å². The third-order valence-corrected chi connectivity index (χ3v) is 6.71. The molecule has 0 saturated carbocycles. The Morgan fingerprint density at radius 3 is 1.23 bits per heavy atom. The molecule has 0 spiro atoms. The molecule has 0 rings (SSSR count). The monoisotopic (exact) mass is 498 g/mol. The number of nitrogens with zero attached hydrogens (tertiary/aromatic N) is 1. The average molecular weight is 499 g/mol. The molecular weight excluding hydrogens is 446 g/mol. The number of carboxylic acids is 3. The standard InChI is InChI=1S/C28H51NO6/c1-2-3-4-5-6-7-8-9-10-11-15-22-29(23-16-12-19-26(30)31,24-17-13-20-27(32)33)25-18-14-21-28(34)35/h6-7H,2-5,8-25H2,1H3,(H2-,30,31,32,33,34,35)/p+1/b7-6+. The number of aliphatic carboxylic acids is 3. The van der Waals surface area contributed by atoms with E-state index in [2.05, 4.69) is 19.1 Å². The number of rotatable bonds is 26. The van der Waals surface area contributed by atoms with Crippen LogP contribution in [0.25, 0.3) is 0 Å². The molecule has 0 aliphatic rings. The van der Waals surface area contributed by atoms with Crippen LogP contribution in [0.4, 0.5) is 0 Å². The lowest BCUT2D eigenvalue weighted by molar-refractivity contribution is -0.929. The third-order valence-electron chi connectivity index (χ3n) is 6.71. The number of quaternary nitrogens is 1. The van der Waals surface area contributed by atoms with E-state index in [9.17, 15) is 14.4 Å². The Labute approximate surface area is 213 Å². The van der Waals surface area contributed by atoms with Gasteiger partial charge in [-0.2, -0.15) is 0 Å². The molecule has 35 heavy (non-hydrogen) atoms. The van der Waals surface area contributed by atoms with Crippen molar-refractivity contribution in [1.29, 1.82) is 0 Å². The molecule has 0 aliphatic carbocycles. The minimum absolute atomic E-state index is 0.171. The summed E-state index contributed by atoms with van der Waals surface area (Å²) < 4.78 is 0.857. The van der Waals surface area contributed by atoms with Gasteiger partial charge in [-0.05, 0) is 77.0 Å². The van der Waals surface area contributed by atoms with Crippen LogP contribution in [0.1, 0.15) is 122 Å². The van der Waals surface area contributed by atoms with Crippen LogP contribution in [0, 0.1) is 0 Å². The highest BCUT2D eigenvalue weighted by atomic mass is 16.4. The van der Waals surface area contributed by atoms with Crippen LogP contribution < -0.4 is 0 Å². The average Bonchev–Trinajstić information content (AvgIpc) is 2.80. The fourth-order valence-electron chi connectivity index (χ4n) is 4.65. The Morgan fingerprint density at radius 1 is 0.514 bits per heavy atom. The van der Waals surface area contributed by atoms with Gasteiger partial charge in [-0.25, -0.2) is 0 Å². The second-order valence-corrected chi connectivity index (χ2v) is 9.96. The van der Waals surface area contributed by atoms with Gasteiger partial charge in [-0.3, -0.25) is 14.4 Å². The van der Waals surface area contributed by atoms with Gasteiger partial charge in [0.05, 0.1) is 26.2 Å². The summed E-state index contributed by atoms with van der Waals surface area (Å²) in [4.78, 5) is 32.8. The maximum atomic E-state index is 10.9. The first-order chi connectivity index (χ1) is 16.8. The van der Waals surface area contributed by atoms with E-state index in [-0.39, 0.29) is 19.3 Å². The van der Waals surface area contributed by atoms with Crippen molar-refractivity contribution < 1.29 is 34.2 Å². The zero-order valence-electron chi connectivity index (χ0n) is 22.2. The summed E-state index contributed by atoms with van der Waals surface area (Å²) in [5.41, 5.74) is 0. The number of allylic oxidation sites excluding steroid dienone is 2. The Kier molecular flexibility index (Phi) is 21.3. The minimum atomic E-state index is -0.773. The molecule has 0 aromatic carbocycles. The fourth-order valence-corrected chi connectivity index (χ4v) is 4.65. The Balaban J connectivity index is 4.74. The maximum absolute atomic E-state index is 10.9. The molecular formula is C28H52NO6+. The van der Waals surface area contributed by atoms with Crippen LogP contribution in [-0.4, -0.2) is 63.9 Å². The van der Waals surface area contributed by atoms with Gasteiger partial charge in [0.2, 0.25) is 0 Å². The van der Waals surface area contributed by atoms with Gasteiger partial charge in [0.1, 0.15) is 0 Å². The van der Waals surface area contributed by atoms with Crippen LogP contribution in [0.5, 0.6) is 0 Å². The van der Waals surface area contributed by atoms with Gasteiger partial charge in [0.15, 0.2) is 0 Å². The summed E-state index contributed by atoms with van der Waals surface area (Å²) in [6.07, 6.45) is 20.3. The van der Waals surface area contributed by atoms with Gasteiger partial charge in [0.25, 0.3) is 0 Å². The van der Waals surface area contributed by atoms with Gasteiger partial charge < -0.3 is 19.8 Å². The van der Waals surface area contributed by atoms with Gasteiger partial charge in [-0.1, -0.05) is 38.3 Å². The van der Waals surface area contributed by atoms with Crippen molar-refractivity contribution in [3.05, 3.63) is 12.2 Å². The number of hydrogen-bond donors (Lipinski definition) is 3. The molecule has 0 unspecified atom stereocenters. The zero-order chi connectivity index (χ0) is 26.2. The molecule has 0 amide bonds. The second-order valence-electron chi connectivity index (χ2n) is 9.96. The molecule has 204 valence electrons. The Morgan fingerprint density at radius 2 is 0.857 bits per heavy atom. The second kappa shape index (κ2) is 22.6. The molecule has 0 bridgehead atoms. The third kappa shape index (κ3) is 22.3. The maximum Gasteiger partial charge on any atom is 0.303 e. The summed E-state index contributed by atoms with van der Waals surface area (Å²) in [6.45, 7) is 5.87. The molecule has 0 saturated heterocycles. The predicted octanol–water partition coefficient (Wildman–Crippen LogP) is 6.65. The largest absolute Gasteiger partial charge is 0.481 e. The summed E-state index contributed by atoms with van der Waals surface area (Å²) in [6, 6.07) is 0. The van der Waals surface area contributed by atoms with Crippen LogP contribution in [0.2, 0.25) is 0 Å².